The average Bonchev–Trinajstić information content (AvgIpc) is 2.97. The summed E-state index contributed by atoms with van der Waals surface area (Å²) in [5.41, 5.74) is 7.99. The van der Waals surface area contributed by atoms with Crippen LogP contribution in [0.4, 0.5) is 14.5 Å². The molecule has 40 heavy (non-hydrogen) atoms. The zero-order valence-corrected chi connectivity index (χ0v) is 21.8. The number of hydrogen-bond donors (Lipinski definition) is 1. The van der Waals surface area contributed by atoms with Crippen LogP contribution >= 0.6 is 0 Å². The Hall–Kier alpha value is -4.79. The maximum atomic E-state index is 15.3. The Balaban J connectivity index is 1.84. The van der Waals surface area contributed by atoms with Crippen LogP contribution in [-0.4, -0.2) is 31.9 Å². The number of methoxy groups -OCH3 is 2. The van der Waals surface area contributed by atoms with E-state index in [0.29, 0.717) is 16.8 Å². The SMILES string of the molecule is COC(=O)C1=C(N)N(c2ccccc2F)C2=C(C(=O)[C@H](C(=O)OC)[C@H](c3ccccc3)C2)[C@@H]1c1ccc(F)cc1. The van der Waals surface area contributed by atoms with E-state index < -0.39 is 47.1 Å². The molecule has 9 heteroatoms. The van der Waals surface area contributed by atoms with Gasteiger partial charge in [-0.3, -0.25) is 14.5 Å². The average molecular weight is 545 g/mol. The third-order valence-corrected chi connectivity index (χ3v) is 7.42. The molecule has 0 bridgehead atoms. The first kappa shape index (κ1) is 26.8. The van der Waals surface area contributed by atoms with Crippen molar-refractivity contribution in [3.8, 4) is 0 Å². The Morgan fingerprint density at radius 1 is 0.875 bits per heavy atom. The van der Waals surface area contributed by atoms with Crippen molar-refractivity contribution < 1.29 is 32.6 Å². The Labute approximate surface area is 229 Å². The summed E-state index contributed by atoms with van der Waals surface area (Å²) < 4.78 is 39.3. The first-order valence-corrected chi connectivity index (χ1v) is 12.6. The molecule has 3 aromatic carbocycles. The van der Waals surface area contributed by atoms with Crippen molar-refractivity contribution in [1.29, 1.82) is 0 Å². The van der Waals surface area contributed by atoms with Crippen molar-refractivity contribution in [2.45, 2.75) is 18.3 Å². The van der Waals surface area contributed by atoms with Crippen LogP contribution in [0.3, 0.4) is 0 Å². The molecule has 3 atom stereocenters. The molecule has 0 aromatic heterocycles. The van der Waals surface area contributed by atoms with Gasteiger partial charge in [-0.1, -0.05) is 54.6 Å². The molecule has 2 N–H and O–H groups in total. The molecule has 0 saturated carbocycles. The summed E-state index contributed by atoms with van der Waals surface area (Å²) in [6.45, 7) is 0. The molecule has 7 nitrogen and oxygen atoms in total. The highest BCUT2D eigenvalue weighted by atomic mass is 19.1. The molecular formula is C31H26F2N2O5. The molecule has 0 fully saturated rings. The second-order valence-electron chi connectivity index (χ2n) is 9.51. The number of ketones is 1. The Morgan fingerprint density at radius 3 is 2.15 bits per heavy atom. The number of para-hydroxylation sites is 1. The van der Waals surface area contributed by atoms with E-state index in [1.54, 1.807) is 30.3 Å². The van der Waals surface area contributed by atoms with E-state index in [2.05, 4.69) is 0 Å². The van der Waals surface area contributed by atoms with Gasteiger partial charge in [-0.15, -0.1) is 0 Å². The molecule has 0 unspecified atom stereocenters. The zero-order valence-electron chi connectivity index (χ0n) is 21.8. The lowest BCUT2D eigenvalue weighted by atomic mass is 9.67. The minimum absolute atomic E-state index is 0.0163. The fraction of sp³-hybridized carbons (Fsp3) is 0.194. The number of carbonyl (C=O) groups excluding carboxylic acids is 3. The highest BCUT2D eigenvalue weighted by Crippen LogP contribution is 2.51. The predicted molar refractivity (Wildman–Crippen MR) is 143 cm³/mol. The summed E-state index contributed by atoms with van der Waals surface area (Å²) in [7, 11) is 2.36. The molecule has 0 radical (unpaired) electrons. The molecule has 5 rings (SSSR count). The molecule has 0 saturated heterocycles. The van der Waals surface area contributed by atoms with Crippen molar-refractivity contribution in [3.05, 3.63) is 124 Å². The third-order valence-electron chi connectivity index (χ3n) is 7.42. The number of anilines is 1. The number of esters is 2. The number of allylic oxidation sites excluding steroid dienone is 2. The first-order chi connectivity index (χ1) is 19.3. The number of nitrogens with zero attached hydrogens (tertiary/aromatic N) is 1. The molecule has 1 heterocycles. The number of Topliss-reactive ketones (excluding diaryl/α,β-unsaturated/α-hetero) is 1. The van der Waals surface area contributed by atoms with Gasteiger partial charge < -0.3 is 15.2 Å². The second-order valence-corrected chi connectivity index (χ2v) is 9.51. The Morgan fingerprint density at radius 2 is 1.52 bits per heavy atom. The van der Waals surface area contributed by atoms with E-state index in [-0.39, 0.29) is 29.1 Å². The number of carbonyl (C=O) groups is 3. The fourth-order valence-corrected chi connectivity index (χ4v) is 5.65. The zero-order chi connectivity index (χ0) is 28.6. The number of benzene rings is 3. The van der Waals surface area contributed by atoms with Gasteiger partial charge >= 0.3 is 11.9 Å². The number of halogens is 2. The van der Waals surface area contributed by atoms with Crippen molar-refractivity contribution in [1.82, 2.24) is 0 Å². The lowest BCUT2D eigenvalue weighted by molar-refractivity contribution is -0.150. The first-order valence-electron chi connectivity index (χ1n) is 12.6. The van der Waals surface area contributed by atoms with Crippen molar-refractivity contribution in [3.63, 3.8) is 0 Å². The summed E-state index contributed by atoms with van der Waals surface area (Å²) in [6.07, 6.45) is 0.0893. The number of nitrogens with two attached hydrogens (primary N) is 1. The van der Waals surface area contributed by atoms with Gasteiger partial charge in [0.1, 0.15) is 23.4 Å². The third kappa shape index (κ3) is 4.43. The van der Waals surface area contributed by atoms with Gasteiger partial charge in [0.05, 0.1) is 31.4 Å². The maximum Gasteiger partial charge on any atom is 0.338 e. The summed E-state index contributed by atoms with van der Waals surface area (Å²) in [6, 6.07) is 20.1. The smallest absolute Gasteiger partial charge is 0.338 e. The van der Waals surface area contributed by atoms with E-state index in [4.69, 9.17) is 15.2 Å². The van der Waals surface area contributed by atoms with Gasteiger partial charge in [-0.2, -0.15) is 0 Å². The van der Waals surface area contributed by atoms with Gasteiger partial charge in [0.25, 0.3) is 0 Å². The van der Waals surface area contributed by atoms with Crippen LogP contribution in [0.1, 0.15) is 29.4 Å². The van der Waals surface area contributed by atoms with Gasteiger partial charge in [0, 0.05) is 17.2 Å². The standard InChI is InChI=1S/C31H26F2N2O5/c1-39-30(37)25-20(17-8-4-3-5-9-17)16-23-26(28(25)36)24(18-12-14-19(32)15-13-18)27(31(38)40-2)29(34)35(23)22-11-7-6-10-21(22)33/h3-15,20,24-25H,16,34H2,1-2H3/t20-,24-,25+/m0/s1. The lowest BCUT2D eigenvalue weighted by Gasteiger charge is -2.44. The molecule has 3 aromatic rings. The quantitative estimate of drug-likeness (QED) is 0.367. The molecule has 2 aliphatic rings. The molecule has 1 aliphatic carbocycles. The summed E-state index contributed by atoms with van der Waals surface area (Å²) in [5, 5.41) is 0. The van der Waals surface area contributed by atoms with Crippen LogP contribution in [0.25, 0.3) is 0 Å². The highest BCUT2D eigenvalue weighted by molar-refractivity contribution is 6.14. The van der Waals surface area contributed by atoms with Gasteiger partial charge in [0.2, 0.25) is 0 Å². The van der Waals surface area contributed by atoms with Gasteiger partial charge in [0.15, 0.2) is 5.78 Å². The number of ether oxygens (including phenoxy) is 2. The van der Waals surface area contributed by atoms with Crippen molar-refractivity contribution >= 4 is 23.4 Å². The van der Waals surface area contributed by atoms with E-state index >= 15 is 4.39 Å². The van der Waals surface area contributed by atoms with E-state index in [9.17, 15) is 18.8 Å². The van der Waals surface area contributed by atoms with E-state index in [0.717, 1.165) is 7.11 Å². The maximum absolute atomic E-state index is 15.3. The van der Waals surface area contributed by atoms with Crippen LogP contribution in [-0.2, 0) is 23.9 Å². The van der Waals surface area contributed by atoms with Crippen LogP contribution in [0.5, 0.6) is 0 Å². The molecule has 1 aliphatic heterocycles. The number of rotatable bonds is 5. The van der Waals surface area contributed by atoms with Crippen molar-refractivity contribution in [2.75, 3.05) is 19.1 Å². The van der Waals surface area contributed by atoms with Gasteiger partial charge in [-0.05, 0) is 41.8 Å². The highest BCUT2D eigenvalue weighted by Gasteiger charge is 2.51. The minimum atomic E-state index is -1.25. The van der Waals surface area contributed by atoms with Crippen LogP contribution < -0.4 is 10.6 Å². The monoisotopic (exact) mass is 544 g/mol. The lowest BCUT2D eigenvalue weighted by Crippen LogP contribution is -2.46. The second kappa shape index (κ2) is 10.8. The molecule has 0 spiro atoms. The van der Waals surface area contributed by atoms with Crippen LogP contribution in [0, 0.1) is 17.6 Å². The topological polar surface area (TPSA) is 98.9 Å². The fourth-order valence-electron chi connectivity index (χ4n) is 5.65. The summed E-state index contributed by atoms with van der Waals surface area (Å²) >= 11 is 0. The van der Waals surface area contributed by atoms with Crippen molar-refractivity contribution in [2.24, 2.45) is 11.7 Å². The summed E-state index contributed by atoms with van der Waals surface area (Å²) in [4.78, 5) is 42.2. The molecule has 204 valence electrons. The predicted octanol–water partition coefficient (Wildman–Crippen LogP) is 4.71. The largest absolute Gasteiger partial charge is 0.468 e. The van der Waals surface area contributed by atoms with Crippen LogP contribution in [0.15, 0.2) is 102 Å². The Bertz CT molecular complexity index is 1550. The minimum Gasteiger partial charge on any atom is -0.468 e. The van der Waals surface area contributed by atoms with E-state index in [1.807, 2.05) is 6.07 Å². The van der Waals surface area contributed by atoms with E-state index in [1.165, 1.54) is 54.5 Å². The molecular weight excluding hydrogens is 518 g/mol. The van der Waals surface area contributed by atoms with Crippen LogP contribution in [0.2, 0.25) is 0 Å². The Kier molecular flexibility index (Phi) is 7.21. The number of hydrogen-bond acceptors (Lipinski definition) is 7. The van der Waals surface area contributed by atoms with Gasteiger partial charge in [-0.25, -0.2) is 13.6 Å². The normalized spacial score (nSPS) is 20.8. The summed E-state index contributed by atoms with van der Waals surface area (Å²) in [5.74, 6) is -6.54. The molecule has 0 amide bonds.